The smallest absolute Gasteiger partial charge is 0.241 e. The van der Waals surface area contributed by atoms with E-state index in [1.54, 1.807) is 0 Å². The van der Waals surface area contributed by atoms with Crippen LogP contribution in [0.4, 0.5) is 0 Å². The number of likely N-dealkylation sites (tertiary alicyclic amines) is 1. The molecule has 2 saturated heterocycles. The van der Waals surface area contributed by atoms with Crippen LogP contribution in [0.3, 0.4) is 0 Å². The second-order valence-corrected chi connectivity index (χ2v) is 7.87. The molecule has 0 radical (unpaired) electrons. The fraction of sp³-hybridized carbons (Fsp3) is 0.636. The maximum atomic E-state index is 12.3. The van der Waals surface area contributed by atoms with Gasteiger partial charge in [-0.3, -0.25) is 9.69 Å². The van der Waals surface area contributed by atoms with Gasteiger partial charge in [0.05, 0.1) is 25.8 Å². The zero-order chi connectivity index (χ0) is 20.5. The SMILES string of the molecule is CCNC(=NCc1cccc(CN2CCOC(C)C2)c1)NCC(=O)N1CCCC1. The Morgan fingerprint density at radius 2 is 2.00 bits per heavy atom. The average molecular weight is 402 g/mol. The van der Waals surface area contributed by atoms with E-state index in [9.17, 15) is 4.79 Å². The number of ether oxygens (including phenoxy) is 1. The molecule has 2 N–H and O–H groups in total. The number of carbonyl (C=O) groups is 1. The first kappa shape index (κ1) is 21.6. The Morgan fingerprint density at radius 1 is 1.21 bits per heavy atom. The molecule has 160 valence electrons. The largest absolute Gasteiger partial charge is 0.376 e. The zero-order valence-electron chi connectivity index (χ0n) is 17.8. The van der Waals surface area contributed by atoms with Gasteiger partial charge in [0.2, 0.25) is 5.91 Å². The molecule has 1 amide bonds. The number of nitrogens with zero attached hydrogens (tertiary/aromatic N) is 3. The van der Waals surface area contributed by atoms with Crippen molar-refractivity contribution in [3.05, 3.63) is 35.4 Å². The summed E-state index contributed by atoms with van der Waals surface area (Å²) in [6.45, 7) is 11.2. The van der Waals surface area contributed by atoms with Gasteiger partial charge in [-0.15, -0.1) is 0 Å². The third-order valence-electron chi connectivity index (χ3n) is 5.35. The van der Waals surface area contributed by atoms with E-state index in [4.69, 9.17) is 4.74 Å². The van der Waals surface area contributed by atoms with E-state index in [1.807, 2.05) is 11.8 Å². The molecule has 1 aromatic rings. The third-order valence-corrected chi connectivity index (χ3v) is 5.35. The Hall–Kier alpha value is -2.12. The van der Waals surface area contributed by atoms with Crippen LogP contribution in [0.25, 0.3) is 0 Å². The molecule has 3 rings (SSSR count). The number of morpholine rings is 1. The predicted octanol–water partition coefficient (Wildman–Crippen LogP) is 1.58. The van der Waals surface area contributed by atoms with Gasteiger partial charge in [0.25, 0.3) is 0 Å². The third kappa shape index (κ3) is 7.01. The van der Waals surface area contributed by atoms with Crippen LogP contribution in [0.5, 0.6) is 0 Å². The van der Waals surface area contributed by atoms with Crippen molar-refractivity contribution in [2.75, 3.05) is 45.9 Å². The molecule has 1 atom stereocenters. The molecule has 2 aliphatic heterocycles. The highest BCUT2D eigenvalue weighted by atomic mass is 16.5. The number of amides is 1. The summed E-state index contributed by atoms with van der Waals surface area (Å²) in [5.74, 6) is 0.835. The maximum absolute atomic E-state index is 12.3. The number of aliphatic imine (C=N–C) groups is 1. The highest BCUT2D eigenvalue weighted by Gasteiger charge is 2.18. The van der Waals surface area contributed by atoms with E-state index < -0.39 is 0 Å². The van der Waals surface area contributed by atoms with Gasteiger partial charge in [-0.1, -0.05) is 24.3 Å². The van der Waals surface area contributed by atoms with Crippen molar-refractivity contribution >= 4 is 11.9 Å². The van der Waals surface area contributed by atoms with Gasteiger partial charge < -0.3 is 20.3 Å². The molecule has 7 heteroatoms. The van der Waals surface area contributed by atoms with Crippen LogP contribution in [0.15, 0.2) is 29.3 Å². The molecular weight excluding hydrogens is 366 g/mol. The fourth-order valence-electron chi connectivity index (χ4n) is 3.87. The summed E-state index contributed by atoms with van der Waals surface area (Å²) in [5, 5.41) is 6.41. The molecule has 29 heavy (non-hydrogen) atoms. The molecule has 7 nitrogen and oxygen atoms in total. The van der Waals surface area contributed by atoms with Gasteiger partial charge in [0.15, 0.2) is 5.96 Å². The highest BCUT2D eigenvalue weighted by Crippen LogP contribution is 2.13. The van der Waals surface area contributed by atoms with Crippen molar-refractivity contribution in [2.45, 2.75) is 45.9 Å². The number of benzene rings is 1. The van der Waals surface area contributed by atoms with Crippen molar-refractivity contribution in [3.8, 4) is 0 Å². The Balaban J connectivity index is 1.53. The van der Waals surface area contributed by atoms with Crippen LogP contribution >= 0.6 is 0 Å². The molecule has 2 heterocycles. The minimum Gasteiger partial charge on any atom is -0.376 e. The van der Waals surface area contributed by atoms with Crippen LogP contribution in [0.2, 0.25) is 0 Å². The van der Waals surface area contributed by atoms with Gasteiger partial charge in [-0.2, -0.15) is 0 Å². The molecule has 2 aliphatic rings. The molecule has 0 spiro atoms. The minimum atomic E-state index is 0.148. The standard InChI is InChI=1S/C22H35N5O2/c1-3-23-22(25-15-21(28)27-9-4-5-10-27)24-14-19-7-6-8-20(13-19)17-26-11-12-29-18(2)16-26/h6-8,13,18H,3-5,9-12,14-17H2,1-2H3,(H2,23,24,25). The second-order valence-electron chi connectivity index (χ2n) is 7.87. The lowest BCUT2D eigenvalue weighted by Crippen LogP contribution is -2.44. The lowest BCUT2D eigenvalue weighted by Gasteiger charge is -2.31. The van der Waals surface area contributed by atoms with Crippen LogP contribution in [0.1, 0.15) is 37.8 Å². The Bertz CT molecular complexity index is 688. The van der Waals surface area contributed by atoms with Crippen molar-refractivity contribution in [1.82, 2.24) is 20.4 Å². The first-order valence-electron chi connectivity index (χ1n) is 10.9. The summed E-state index contributed by atoms with van der Waals surface area (Å²) in [7, 11) is 0. The van der Waals surface area contributed by atoms with Crippen LogP contribution < -0.4 is 10.6 Å². The quantitative estimate of drug-likeness (QED) is 0.536. The summed E-state index contributed by atoms with van der Waals surface area (Å²) in [6.07, 6.45) is 2.52. The molecule has 1 unspecified atom stereocenters. The molecule has 0 aromatic heterocycles. The molecule has 0 aliphatic carbocycles. The Labute approximate surface area is 174 Å². The topological polar surface area (TPSA) is 69.2 Å². The predicted molar refractivity (Wildman–Crippen MR) is 116 cm³/mol. The summed E-state index contributed by atoms with van der Waals surface area (Å²) >= 11 is 0. The van der Waals surface area contributed by atoms with E-state index >= 15 is 0 Å². The van der Waals surface area contributed by atoms with Gasteiger partial charge >= 0.3 is 0 Å². The van der Waals surface area contributed by atoms with E-state index in [1.165, 1.54) is 11.1 Å². The van der Waals surface area contributed by atoms with E-state index in [0.29, 0.717) is 25.2 Å². The van der Waals surface area contributed by atoms with E-state index in [2.05, 4.69) is 51.7 Å². The van der Waals surface area contributed by atoms with Gasteiger partial charge in [-0.05, 0) is 37.8 Å². The normalized spacial score (nSPS) is 20.7. The number of guanidine groups is 1. The van der Waals surface area contributed by atoms with Crippen molar-refractivity contribution in [1.29, 1.82) is 0 Å². The molecule has 2 fully saturated rings. The number of hydrogen-bond donors (Lipinski definition) is 2. The number of hydrogen-bond acceptors (Lipinski definition) is 4. The van der Waals surface area contributed by atoms with Crippen molar-refractivity contribution in [3.63, 3.8) is 0 Å². The lowest BCUT2D eigenvalue weighted by atomic mass is 10.1. The van der Waals surface area contributed by atoms with E-state index in [-0.39, 0.29) is 5.91 Å². The zero-order valence-corrected chi connectivity index (χ0v) is 17.8. The average Bonchev–Trinajstić information content (AvgIpc) is 3.25. The van der Waals surface area contributed by atoms with Crippen LogP contribution in [0, 0.1) is 0 Å². The molecular formula is C22H35N5O2. The van der Waals surface area contributed by atoms with Gasteiger partial charge in [0, 0.05) is 39.3 Å². The first-order chi connectivity index (χ1) is 14.1. The van der Waals surface area contributed by atoms with Crippen molar-refractivity contribution < 1.29 is 9.53 Å². The summed E-state index contributed by atoms with van der Waals surface area (Å²) < 4.78 is 5.63. The number of nitrogens with one attached hydrogen (secondary N) is 2. The van der Waals surface area contributed by atoms with Gasteiger partial charge in [-0.25, -0.2) is 4.99 Å². The second kappa shape index (κ2) is 11.2. The molecule has 1 aromatic carbocycles. The molecule has 0 saturated carbocycles. The number of carbonyl (C=O) groups excluding carboxylic acids is 1. The maximum Gasteiger partial charge on any atom is 0.241 e. The van der Waals surface area contributed by atoms with E-state index in [0.717, 1.165) is 58.7 Å². The lowest BCUT2D eigenvalue weighted by molar-refractivity contribution is -0.128. The first-order valence-corrected chi connectivity index (χ1v) is 10.9. The Morgan fingerprint density at radius 3 is 2.76 bits per heavy atom. The molecule has 0 bridgehead atoms. The van der Waals surface area contributed by atoms with Crippen molar-refractivity contribution in [2.24, 2.45) is 4.99 Å². The summed E-state index contributed by atoms with van der Waals surface area (Å²) in [5.41, 5.74) is 2.47. The fourth-order valence-corrected chi connectivity index (χ4v) is 3.87. The Kier molecular flexibility index (Phi) is 8.31. The highest BCUT2D eigenvalue weighted by molar-refractivity contribution is 5.86. The summed E-state index contributed by atoms with van der Waals surface area (Å²) in [4.78, 5) is 21.3. The summed E-state index contributed by atoms with van der Waals surface area (Å²) in [6, 6.07) is 8.60. The number of rotatable bonds is 7. The van der Waals surface area contributed by atoms with Gasteiger partial charge in [0.1, 0.15) is 0 Å². The van der Waals surface area contributed by atoms with Crippen LogP contribution in [-0.2, 0) is 22.6 Å². The van der Waals surface area contributed by atoms with Crippen LogP contribution in [-0.4, -0.2) is 73.6 Å². The minimum absolute atomic E-state index is 0.148. The monoisotopic (exact) mass is 401 g/mol.